The van der Waals surface area contributed by atoms with Gasteiger partial charge in [-0.15, -0.1) is 0 Å². The van der Waals surface area contributed by atoms with Crippen LogP contribution in [0.5, 0.6) is 5.75 Å². The summed E-state index contributed by atoms with van der Waals surface area (Å²) in [7, 11) is 0. The van der Waals surface area contributed by atoms with E-state index in [1.807, 2.05) is 36.4 Å². The molecule has 0 atom stereocenters. The zero-order valence-electron chi connectivity index (χ0n) is 13.9. The van der Waals surface area contributed by atoms with Crippen LogP contribution < -0.4 is 10.1 Å². The van der Waals surface area contributed by atoms with Crippen LogP contribution >= 0.6 is 55.1 Å². The maximum atomic E-state index is 13.2. The summed E-state index contributed by atoms with van der Waals surface area (Å²) >= 11 is 19.1. The molecule has 27 heavy (non-hydrogen) atoms. The van der Waals surface area contributed by atoms with Crippen LogP contribution in [0.15, 0.2) is 63.5 Å². The molecule has 0 spiro atoms. The van der Waals surface area contributed by atoms with Gasteiger partial charge < -0.3 is 10.1 Å². The molecule has 0 aliphatic heterocycles. The smallest absolute Gasteiger partial charge is 0.148 e. The fourth-order valence-corrected chi connectivity index (χ4v) is 4.31. The van der Waals surface area contributed by atoms with Gasteiger partial charge in [0.2, 0.25) is 0 Å². The average molecular weight is 534 g/mol. The van der Waals surface area contributed by atoms with E-state index in [1.54, 1.807) is 12.1 Å². The SMILES string of the molecule is Fc1ccc(NCc2cc(Br)c(OCc3ccccc3Cl)c(Br)c2)cc1Cl. The Morgan fingerprint density at radius 1 is 0.926 bits per heavy atom. The number of ether oxygens (including phenoxy) is 1. The first kappa shape index (κ1) is 20.5. The lowest BCUT2D eigenvalue weighted by Gasteiger charge is -2.14. The number of hydrogen-bond acceptors (Lipinski definition) is 2. The molecule has 7 heteroatoms. The molecule has 0 saturated heterocycles. The number of hydrogen-bond donors (Lipinski definition) is 1. The van der Waals surface area contributed by atoms with Crippen molar-refractivity contribution in [2.45, 2.75) is 13.2 Å². The van der Waals surface area contributed by atoms with Crippen molar-refractivity contribution in [1.29, 1.82) is 0 Å². The van der Waals surface area contributed by atoms with Crippen LogP contribution in [-0.2, 0) is 13.2 Å². The molecule has 0 amide bonds. The van der Waals surface area contributed by atoms with Gasteiger partial charge in [-0.05, 0) is 73.8 Å². The maximum Gasteiger partial charge on any atom is 0.148 e. The highest BCUT2D eigenvalue weighted by Gasteiger charge is 2.11. The molecule has 2 nitrogen and oxygen atoms in total. The van der Waals surface area contributed by atoms with Crippen LogP contribution in [-0.4, -0.2) is 0 Å². The van der Waals surface area contributed by atoms with Crippen LogP contribution in [0, 0.1) is 5.82 Å². The molecule has 140 valence electrons. The Balaban J connectivity index is 1.68. The van der Waals surface area contributed by atoms with Crippen LogP contribution in [0.25, 0.3) is 0 Å². The van der Waals surface area contributed by atoms with E-state index in [4.69, 9.17) is 27.9 Å². The summed E-state index contributed by atoms with van der Waals surface area (Å²) in [5.41, 5.74) is 2.67. The number of rotatable bonds is 6. The van der Waals surface area contributed by atoms with Gasteiger partial charge in [-0.2, -0.15) is 0 Å². The molecule has 0 aliphatic carbocycles. The Labute approximate surface area is 183 Å². The van der Waals surface area contributed by atoms with Gasteiger partial charge in [0.15, 0.2) is 0 Å². The molecule has 0 saturated carbocycles. The number of benzene rings is 3. The number of halogens is 5. The molecule has 1 N–H and O–H groups in total. The molecule has 0 unspecified atom stereocenters. The van der Waals surface area contributed by atoms with Crippen molar-refractivity contribution in [2.75, 3.05) is 5.32 Å². The predicted octanol–water partition coefficient (Wildman–Crippen LogP) is 7.85. The van der Waals surface area contributed by atoms with Crippen molar-refractivity contribution < 1.29 is 9.13 Å². The summed E-state index contributed by atoms with van der Waals surface area (Å²) in [6.07, 6.45) is 0. The standard InChI is InChI=1S/C20H14Br2Cl2FNO/c21-15-7-12(10-26-14-5-6-19(25)18(24)9-14)8-16(22)20(15)27-11-13-3-1-2-4-17(13)23/h1-9,26H,10-11H2. The molecule has 3 aromatic carbocycles. The highest BCUT2D eigenvalue weighted by Crippen LogP contribution is 2.36. The molecule has 0 radical (unpaired) electrons. The normalized spacial score (nSPS) is 10.7. The van der Waals surface area contributed by atoms with Crippen LogP contribution in [0.2, 0.25) is 10.0 Å². The summed E-state index contributed by atoms with van der Waals surface area (Å²) in [4.78, 5) is 0. The van der Waals surface area contributed by atoms with Gasteiger partial charge in [-0.25, -0.2) is 4.39 Å². The van der Waals surface area contributed by atoms with Crippen molar-refractivity contribution in [3.63, 3.8) is 0 Å². The number of nitrogens with one attached hydrogen (secondary N) is 1. The van der Waals surface area contributed by atoms with Crippen LogP contribution in [0.4, 0.5) is 10.1 Å². The lowest BCUT2D eigenvalue weighted by molar-refractivity contribution is 0.302. The largest absolute Gasteiger partial charge is 0.486 e. The second kappa shape index (κ2) is 9.28. The molecular formula is C20H14Br2Cl2FNO. The molecule has 3 aromatic rings. The lowest BCUT2D eigenvalue weighted by atomic mass is 10.2. The Morgan fingerprint density at radius 2 is 1.63 bits per heavy atom. The second-order valence-electron chi connectivity index (χ2n) is 5.75. The molecular weight excluding hydrogens is 520 g/mol. The van der Waals surface area contributed by atoms with E-state index < -0.39 is 5.82 Å². The van der Waals surface area contributed by atoms with Crippen molar-refractivity contribution >= 4 is 60.7 Å². The fraction of sp³-hybridized carbons (Fsp3) is 0.100. The Morgan fingerprint density at radius 3 is 2.30 bits per heavy atom. The quantitative estimate of drug-likeness (QED) is 0.348. The Hall–Kier alpha value is -1.27. The van der Waals surface area contributed by atoms with E-state index in [2.05, 4.69) is 37.2 Å². The summed E-state index contributed by atoms with van der Waals surface area (Å²) in [6, 6.07) is 16.0. The monoisotopic (exact) mass is 531 g/mol. The van der Waals surface area contributed by atoms with Crippen molar-refractivity contribution in [2.24, 2.45) is 0 Å². The molecule has 0 aromatic heterocycles. The van der Waals surface area contributed by atoms with Gasteiger partial charge in [0.25, 0.3) is 0 Å². The molecule has 0 aliphatic rings. The highest BCUT2D eigenvalue weighted by molar-refractivity contribution is 9.11. The maximum absolute atomic E-state index is 13.2. The van der Waals surface area contributed by atoms with E-state index in [0.29, 0.717) is 23.9 Å². The van der Waals surface area contributed by atoms with E-state index in [1.165, 1.54) is 6.07 Å². The predicted molar refractivity (Wildman–Crippen MR) is 116 cm³/mol. The third kappa shape index (κ3) is 5.38. The van der Waals surface area contributed by atoms with Crippen molar-refractivity contribution in [3.8, 4) is 5.75 Å². The molecule has 0 heterocycles. The minimum atomic E-state index is -0.437. The van der Waals surface area contributed by atoms with E-state index in [0.717, 1.165) is 25.8 Å². The molecule has 0 bridgehead atoms. The zero-order chi connectivity index (χ0) is 19.4. The molecule has 3 rings (SSSR count). The summed E-state index contributed by atoms with van der Waals surface area (Å²) in [6.45, 7) is 0.909. The van der Waals surface area contributed by atoms with Crippen LogP contribution in [0.3, 0.4) is 0 Å². The van der Waals surface area contributed by atoms with E-state index in [9.17, 15) is 4.39 Å². The first-order valence-corrected chi connectivity index (χ1v) is 10.3. The van der Waals surface area contributed by atoms with Gasteiger partial charge >= 0.3 is 0 Å². The lowest BCUT2D eigenvalue weighted by Crippen LogP contribution is -2.02. The Kier molecular flexibility index (Phi) is 7.04. The summed E-state index contributed by atoms with van der Waals surface area (Å²) < 4.78 is 20.8. The number of anilines is 1. The van der Waals surface area contributed by atoms with Crippen LogP contribution in [0.1, 0.15) is 11.1 Å². The highest BCUT2D eigenvalue weighted by atomic mass is 79.9. The summed E-state index contributed by atoms with van der Waals surface area (Å²) in [5, 5.41) is 3.98. The minimum absolute atomic E-state index is 0.0886. The van der Waals surface area contributed by atoms with Gasteiger partial charge in [0.1, 0.15) is 18.2 Å². The fourth-order valence-electron chi connectivity index (χ4n) is 2.43. The van der Waals surface area contributed by atoms with E-state index >= 15 is 0 Å². The first-order chi connectivity index (χ1) is 12.9. The summed E-state index contributed by atoms with van der Waals surface area (Å²) in [5.74, 6) is 0.260. The average Bonchev–Trinajstić information content (AvgIpc) is 2.63. The topological polar surface area (TPSA) is 21.3 Å². The van der Waals surface area contributed by atoms with Crippen molar-refractivity contribution in [1.82, 2.24) is 0 Å². The molecule has 0 fully saturated rings. The van der Waals surface area contributed by atoms with Gasteiger partial charge in [0.05, 0.1) is 14.0 Å². The minimum Gasteiger partial charge on any atom is -0.486 e. The Bertz CT molecular complexity index is 945. The van der Waals surface area contributed by atoms with Crippen molar-refractivity contribution in [3.05, 3.63) is 90.5 Å². The van der Waals surface area contributed by atoms with Gasteiger partial charge in [-0.3, -0.25) is 0 Å². The first-order valence-electron chi connectivity index (χ1n) is 7.97. The third-order valence-corrected chi connectivity index (χ3v) is 5.64. The second-order valence-corrected chi connectivity index (χ2v) is 8.27. The third-order valence-electron chi connectivity index (χ3n) is 3.80. The van der Waals surface area contributed by atoms with Gasteiger partial charge in [-0.1, -0.05) is 41.4 Å². The zero-order valence-corrected chi connectivity index (χ0v) is 18.6. The van der Waals surface area contributed by atoms with Gasteiger partial charge in [0, 0.05) is 22.8 Å². The van der Waals surface area contributed by atoms with E-state index in [-0.39, 0.29) is 5.02 Å².